The van der Waals surface area contributed by atoms with Crippen molar-refractivity contribution in [3.8, 4) is 0 Å². The number of carboxylic acid groups (broad SMARTS) is 1. The van der Waals surface area contributed by atoms with Crippen molar-refractivity contribution in [2.75, 3.05) is 26.2 Å². The van der Waals surface area contributed by atoms with Gasteiger partial charge < -0.3 is 25.5 Å². The Balaban J connectivity index is 1.86. The smallest absolute Gasteiger partial charge is 0.352 e. The molecule has 0 aromatic rings. The normalized spacial score (nSPS) is 38.0. The zero-order valence-electron chi connectivity index (χ0n) is 14.6. The molecule has 7 heteroatoms. The molecule has 3 aliphatic heterocycles. The molecule has 6 atom stereocenters. The van der Waals surface area contributed by atoms with Gasteiger partial charge in [0, 0.05) is 44.2 Å². The Kier molecular flexibility index (Phi) is 4.88. The summed E-state index contributed by atoms with van der Waals surface area (Å²) in [6, 6.07) is 0.281. The molecular weight excluding hydrogens is 310 g/mol. The predicted octanol–water partition coefficient (Wildman–Crippen LogP) is -0.342. The average molecular weight is 339 g/mol. The zero-order valence-corrected chi connectivity index (χ0v) is 14.6. The van der Waals surface area contributed by atoms with Gasteiger partial charge in [-0.15, -0.1) is 0 Å². The van der Waals surface area contributed by atoms with Crippen LogP contribution in [-0.2, 0) is 4.79 Å². The van der Waals surface area contributed by atoms with Crippen molar-refractivity contribution in [2.24, 2.45) is 11.8 Å². The second kappa shape index (κ2) is 6.63. The summed E-state index contributed by atoms with van der Waals surface area (Å²) in [5, 5.41) is 33.4. The minimum atomic E-state index is -0.981. The molecule has 0 amide bonds. The fourth-order valence-corrected chi connectivity index (χ4v) is 4.70. The highest BCUT2D eigenvalue weighted by atomic mass is 16.4. The molecule has 3 aliphatic rings. The van der Waals surface area contributed by atoms with Gasteiger partial charge in [-0.25, -0.2) is 4.79 Å². The van der Waals surface area contributed by atoms with E-state index in [2.05, 4.69) is 17.1 Å². The first-order chi connectivity index (χ1) is 11.4. The Morgan fingerprint density at radius 2 is 2.17 bits per heavy atom. The quantitative estimate of drug-likeness (QED) is 0.544. The van der Waals surface area contributed by atoms with Gasteiger partial charge >= 0.3 is 5.97 Å². The van der Waals surface area contributed by atoms with Gasteiger partial charge in [0.25, 0.3) is 0 Å². The summed E-state index contributed by atoms with van der Waals surface area (Å²) < 4.78 is 0. The fourth-order valence-electron chi connectivity index (χ4n) is 4.70. The highest BCUT2D eigenvalue weighted by molar-refractivity contribution is 5.88. The van der Waals surface area contributed by atoms with Crippen LogP contribution in [0.5, 0.6) is 0 Å². The molecule has 0 saturated carbocycles. The zero-order chi connectivity index (χ0) is 17.6. The molecule has 2 saturated heterocycles. The number of aliphatic carboxylic acids is 1. The van der Waals surface area contributed by atoms with Gasteiger partial charge in [-0.1, -0.05) is 13.8 Å². The summed E-state index contributed by atoms with van der Waals surface area (Å²) >= 11 is 0. The number of aliphatic hydroxyl groups is 2. The number of carbonyl (C=O) groups is 1. The second-order valence-electron chi connectivity index (χ2n) is 7.33. The second-order valence-corrected chi connectivity index (χ2v) is 7.33. The molecular formula is C17H29N3O4. The first-order valence-corrected chi connectivity index (χ1v) is 8.94. The standard InChI is InChI=1S/C17H29N3O4/c1-4-11-7-18-5-6-19(11)8-12-9(2)14-13(10(3)21)16(22)20(14)15(12)17(23)24/h9-11,13-14,16,18,21-22H,4-8H2,1-3H3,(H,23,24)/t9-,10+,11?,13+,14+,16?/m0/s1. The van der Waals surface area contributed by atoms with Crippen molar-refractivity contribution in [1.82, 2.24) is 15.1 Å². The van der Waals surface area contributed by atoms with Gasteiger partial charge in [-0.2, -0.15) is 0 Å². The molecule has 24 heavy (non-hydrogen) atoms. The number of aliphatic hydroxyl groups excluding tert-OH is 2. The molecule has 0 aliphatic carbocycles. The SMILES string of the molecule is CCC1CNCCN1CC1=C(C(=O)O)N2C(O)[C@H]([C@@H](C)O)[C@H]2[C@H]1C. The Hall–Kier alpha value is -1.15. The van der Waals surface area contributed by atoms with E-state index < -0.39 is 18.3 Å². The van der Waals surface area contributed by atoms with Crippen molar-refractivity contribution < 1.29 is 20.1 Å². The predicted molar refractivity (Wildman–Crippen MR) is 89.2 cm³/mol. The number of carboxylic acids is 1. The molecule has 3 rings (SSSR count). The van der Waals surface area contributed by atoms with Crippen LogP contribution in [0.15, 0.2) is 11.3 Å². The summed E-state index contributed by atoms with van der Waals surface area (Å²) in [5.41, 5.74) is 1.13. The van der Waals surface area contributed by atoms with Crippen molar-refractivity contribution in [3.05, 3.63) is 11.3 Å². The molecule has 0 radical (unpaired) electrons. The van der Waals surface area contributed by atoms with Crippen LogP contribution in [0.25, 0.3) is 0 Å². The lowest BCUT2D eigenvalue weighted by atomic mass is 9.77. The summed E-state index contributed by atoms with van der Waals surface area (Å²) in [5.74, 6) is -1.26. The molecule has 2 fully saturated rings. The van der Waals surface area contributed by atoms with Gasteiger partial charge in [0.15, 0.2) is 0 Å². The Morgan fingerprint density at radius 3 is 2.75 bits per heavy atom. The largest absolute Gasteiger partial charge is 0.477 e. The number of fused-ring (bicyclic) bond motifs is 1. The Morgan fingerprint density at radius 1 is 1.46 bits per heavy atom. The topological polar surface area (TPSA) is 96.3 Å². The van der Waals surface area contributed by atoms with Gasteiger partial charge in [-0.3, -0.25) is 4.90 Å². The van der Waals surface area contributed by atoms with Crippen LogP contribution in [0, 0.1) is 11.8 Å². The third-order valence-electron chi connectivity index (χ3n) is 6.05. The molecule has 0 bridgehead atoms. The maximum Gasteiger partial charge on any atom is 0.352 e. The van der Waals surface area contributed by atoms with Crippen LogP contribution < -0.4 is 5.32 Å². The lowest BCUT2D eigenvalue weighted by Gasteiger charge is -2.53. The van der Waals surface area contributed by atoms with Crippen molar-refractivity contribution in [3.63, 3.8) is 0 Å². The third-order valence-corrected chi connectivity index (χ3v) is 6.05. The molecule has 2 unspecified atom stereocenters. The van der Waals surface area contributed by atoms with Crippen LogP contribution >= 0.6 is 0 Å². The van der Waals surface area contributed by atoms with E-state index in [-0.39, 0.29) is 23.6 Å². The highest BCUT2D eigenvalue weighted by Crippen LogP contribution is 2.49. The number of nitrogens with one attached hydrogen (secondary N) is 1. The fraction of sp³-hybridized carbons (Fsp3) is 0.824. The number of hydrogen-bond donors (Lipinski definition) is 4. The van der Waals surface area contributed by atoms with Crippen molar-refractivity contribution in [1.29, 1.82) is 0 Å². The van der Waals surface area contributed by atoms with E-state index in [4.69, 9.17) is 0 Å². The van der Waals surface area contributed by atoms with E-state index in [1.807, 2.05) is 6.92 Å². The van der Waals surface area contributed by atoms with E-state index in [1.54, 1.807) is 11.8 Å². The molecule has 0 aromatic carbocycles. The molecule has 136 valence electrons. The van der Waals surface area contributed by atoms with Crippen molar-refractivity contribution >= 4 is 5.97 Å². The first-order valence-electron chi connectivity index (χ1n) is 8.94. The molecule has 0 spiro atoms. The molecule has 3 heterocycles. The maximum atomic E-state index is 11.9. The summed E-state index contributed by atoms with van der Waals surface area (Å²) in [6.45, 7) is 9.19. The number of hydrogen-bond acceptors (Lipinski definition) is 6. The lowest BCUT2D eigenvalue weighted by Crippen LogP contribution is -2.66. The summed E-state index contributed by atoms with van der Waals surface area (Å²) in [4.78, 5) is 15.8. The minimum absolute atomic E-state index is 0.0199. The van der Waals surface area contributed by atoms with Crippen LogP contribution in [0.2, 0.25) is 0 Å². The third kappa shape index (κ3) is 2.63. The van der Waals surface area contributed by atoms with E-state index in [0.717, 1.165) is 31.6 Å². The monoisotopic (exact) mass is 339 g/mol. The van der Waals surface area contributed by atoms with Gasteiger partial charge in [0.05, 0.1) is 12.0 Å². The van der Waals surface area contributed by atoms with E-state index in [0.29, 0.717) is 12.6 Å². The molecule has 4 N–H and O–H groups in total. The number of nitrogens with zero attached hydrogens (tertiary/aromatic N) is 2. The van der Waals surface area contributed by atoms with Gasteiger partial charge in [0.2, 0.25) is 0 Å². The van der Waals surface area contributed by atoms with Gasteiger partial charge in [0.1, 0.15) is 11.9 Å². The average Bonchev–Trinajstić information content (AvgIpc) is 2.77. The Bertz CT molecular complexity index is 536. The van der Waals surface area contributed by atoms with Crippen LogP contribution in [0.3, 0.4) is 0 Å². The first kappa shape index (κ1) is 17.7. The van der Waals surface area contributed by atoms with E-state index in [1.165, 1.54) is 0 Å². The van der Waals surface area contributed by atoms with Crippen LogP contribution in [0.1, 0.15) is 27.2 Å². The minimum Gasteiger partial charge on any atom is -0.477 e. The maximum absolute atomic E-state index is 11.9. The lowest BCUT2D eigenvalue weighted by molar-refractivity contribution is -0.192. The van der Waals surface area contributed by atoms with Crippen LogP contribution in [0.4, 0.5) is 0 Å². The van der Waals surface area contributed by atoms with E-state index in [9.17, 15) is 20.1 Å². The van der Waals surface area contributed by atoms with Gasteiger partial charge in [-0.05, 0) is 18.9 Å². The molecule has 7 nitrogen and oxygen atoms in total. The summed E-state index contributed by atoms with van der Waals surface area (Å²) in [7, 11) is 0. The van der Waals surface area contributed by atoms with E-state index >= 15 is 0 Å². The van der Waals surface area contributed by atoms with Crippen molar-refractivity contribution in [2.45, 2.75) is 51.6 Å². The highest BCUT2D eigenvalue weighted by Gasteiger charge is 2.59. The Labute approximate surface area is 142 Å². The molecule has 0 aromatic heterocycles. The number of piperazine rings is 1. The van der Waals surface area contributed by atoms with Crippen LogP contribution in [-0.4, -0.2) is 81.7 Å². The number of rotatable bonds is 5. The summed E-state index contributed by atoms with van der Waals surface area (Å²) in [6.07, 6.45) is -0.546.